The Kier molecular flexibility index (Phi) is 3.77. The Morgan fingerprint density at radius 2 is 1.65 bits per heavy atom. The third kappa shape index (κ3) is 3.32. The zero-order chi connectivity index (χ0) is 12.1. The van der Waals surface area contributed by atoms with Gasteiger partial charge in [-0.1, -0.05) is 30.3 Å². The summed E-state index contributed by atoms with van der Waals surface area (Å²) in [4.78, 5) is 11.1. The number of nitrogens with zero attached hydrogens (tertiary/aromatic N) is 1. The number of rotatable bonds is 4. The lowest BCUT2D eigenvalue weighted by molar-refractivity contribution is -0.384. The topological polar surface area (TPSA) is 43.1 Å². The molecule has 0 atom stereocenters. The van der Waals surface area contributed by atoms with Gasteiger partial charge in [0, 0.05) is 22.8 Å². The van der Waals surface area contributed by atoms with E-state index >= 15 is 0 Å². The third-order valence-corrected chi connectivity index (χ3v) is 3.38. The molecule has 17 heavy (non-hydrogen) atoms. The number of nitro groups is 1. The van der Waals surface area contributed by atoms with E-state index in [1.807, 2.05) is 18.2 Å². The zero-order valence-corrected chi connectivity index (χ0v) is 9.89. The molecule has 2 aromatic carbocycles. The summed E-state index contributed by atoms with van der Waals surface area (Å²) in [7, 11) is 0. The van der Waals surface area contributed by atoms with Crippen LogP contribution in [0.3, 0.4) is 0 Å². The van der Waals surface area contributed by atoms with Crippen LogP contribution in [-0.4, -0.2) is 4.92 Å². The highest BCUT2D eigenvalue weighted by atomic mass is 32.2. The van der Waals surface area contributed by atoms with Crippen molar-refractivity contribution in [1.82, 2.24) is 0 Å². The van der Waals surface area contributed by atoms with Crippen LogP contribution in [0, 0.1) is 10.1 Å². The summed E-state index contributed by atoms with van der Waals surface area (Å²) in [5.74, 6) is 0.874. The van der Waals surface area contributed by atoms with E-state index < -0.39 is 0 Å². The van der Waals surface area contributed by atoms with Crippen molar-refractivity contribution >= 4 is 17.4 Å². The lowest BCUT2D eigenvalue weighted by atomic mass is 10.2. The summed E-state index contributed by atoms with van der Waals surface area (Å²) in [5.41, 5.74) is 1.38. The molecule has 86 valence electrons. The maximum absolute atomic E-state index is 10.5. The Morgan fingerprint density at radius 3 is 2.24 bits per heavy atom. The monoisotopic (exact) mass is 245 g/mol. The molecule has 0 aliphatic rings. The molecule has 0 aliphatic heterocycles. The van der Waals surface area contributed by atoms with Gasteiger partial charge in [0.05, 0.1) is 4.92 Å². The molecule has 0 spiro atoms. The van der Waals surface area contributed by atoms with E-state index in [2.05, 4.69) is 12.1 Å². The van der Waals surface area contributed by atoms with Crippen LogP contribution in [0.5, 0.6) is 0 Å². The summed E-state index contributed by atoms with van der Waals surface area (Å²) in [5, 5.41) is 10.5. The molecule has 0 aliphatic carbocycles. The number of non-ortho nitro benzene ring substituents is 1. The number of nitro benzene ring substituents is 1. The molecule has 2 aromatic rings. The van der Waals surface area contributed by atoms with Crippen LogP contribution in [0.2, 0.25) is 0 Å². The quantitative estimate of drug-likeness (QED) is 0.466. The lowest BCUT2D eigenvalue weighted by Crippen LogP contribution is -1.86. The minimum Gasteiger partial charge on any atom is -0.258 e. The van der Waals surface area contributed by atoms with Crippen molar-refractivity contribution in [1.29, 1.82) is 0 Å². The fraction of sp³-hybridized carbons (Fsp3) is 0.0769. The van der Waals surface area contributed by atoms with Crippen LogP contribution in [-0.2, 0) is 5.75 Å². The van der Waals surface area contributed by atoms with Crippen LogP contribution in [0.15, 0.2) is 59.5 Å². The van der Waals surface area contributed by atoms with Crippen LogP contribution >= 0.6 is 11.8 Å². The second kappa shape index (κ2) is 5.50. The molecule has 2 rings (SSSR count). The Balaban J connectivity index is 1.98. The average molecular weight is 245 g/mol. The molecular weight excluding hydrogens is 234 g/mol. The van der Waals surface area contributed by atoms with Gasteiger partial charge < -0.3 is 0 Å². The van der Waals surface area contributed by atoms with Crippen molar-refractivity contribution in [2.24, 2.45) is 0 Å². The van der Waals surface area contributed by atoms with Crippen LogP contribution in [0.1, 0.15) is 5.56 Å². The van der Waals surface area contributed by atoms with Gasteiger partial charge in [0.2, 0.25) is 0 Å². The van der Waals surface area contributed by atoms with Crippen molar-refractivity contribution in [2.75, 3.05) is 0 Å². The molecule has 3 nitrogen and oxygen atoms in total. The highest BCUT2D eigenvalue weighted by Gasteiger charge is 2.03. The molecule has 4 heteroatoms. The van der Waals surface area contributed by atoms with Gasteiger partial charge in [-0.15, -0.1) is 11.8 Å². The van der Waals surface area contributed by atoms with Crippen LogP contribution < -0.4 is 0 Å². The van der Waals surface area contributed by atoms with Gasteiger partial charge in [-0.3, -0.25) is 10.1 Å². The van der Waals surface area contributed by atoms with Crippen molar-refractivity contribution in [3.05, 3.63) is 70.3 Å². The molecule has 0 saturated heterocycles. The van der Waals surface area contributed by atoms with E-state index in [9.17, 15) is 10.1 Å². The number of hydrogen-bond acceptors (Lipinski definition) is 3. The molecular formula is C13H11NO2S. The smallest absolute Gasteiger partial charge is 0.258 e. The lowest BCUT2D eigenvalue weighted by Gasteiger charge is -2.01. The van der Waals surface area contributed by atoms with Gasteiger partial charge in [0.25, 0.3) is 5.69 Å². The molecule has 0 unspecified atom stereocenters. The molecule has 0 aromatic heterocycles. The van der Waals surface area contributed by atoms with Crippen molar-refractivity contribution in [2.45, 2.75) is 10.6 Å². The summed E-state index contributed by atoms with van der Waals surface area (Å²) in [6.07, 6.45) is 0. The summed E-state index contributed by atoms with van der Waals surface area (Å²) >= 11 is 1.67. The summed E-state index contributed by atoms with van der Waals surface area (Å²) in [6.45, 7) is 0. The first kappa shape index (κ1) is 11.7. The maximum atomic E-state index is 10.5. The predicted octanol–water partition coefficient (Wildman–Crippen LogP) is 3.89. The Bertz CT molecular complexity index is 497. The van der Waals surface area contributed by atoms with E-state index in [4.69, 9.17) is 0 Å². The highest BCUT2D eigenvalue weighted by Crippen LogP contribution is 2.24. The van der Waals surface area contributed by atoms with E-state index in [1.165, 1.54) is 17.7 Å². The van der Waals surface area contributed by atoms with Crippen molar-refractivity contribution in [3.8, 4) is 0 Å². The molecule has 0 bridgehead atoms. The van der Waals surface area contributed by atoms with Gasteiger partial charge in [-0.25, -0.2) is 0 Å². The van der Waals surface area contributed by atoms with E-state index in [0.717, 1.165) is 10.6 Å². The average Bonchev–Trinajstić information content (AvgIpc) is 2.38. The van der Waals surface area contributed by atoms with E-state index in [0.29, 0.717) is 0 Å². The van der Waals surface area contributed by atoms with Gasteiger partial charge >= 0.3 is 0 Å². The summed E-state index contributed by atoms with van der Waals surface area (Å²) in [6, 6.07) is 16.8. The fourth-order valence-corrected chi connectivity index (χ4v) is 2.26. The van der Waals surface area contributed by atoms with E-state index in [1.54, 1.807) is 23.9 Å². The van der Waals surface area contributed by atoms with Gasteiger partial charge in [-0.2, -0.15) is 0 Å². The van der Waals surface area contributed by atoms with Gasteiger partial charge in [-0.05, 0) is 17.7 Å². The van der Waals surface area contributed by atoms with Crippen LogP contribution in [0.25, 0.3) is 0 Å². The Labute approximate surface area is 104 Å². The molecule has 0 heterocycles. The first-order valence-corrected chi connectivity index (χ1v) is 6.15. The van der Waals surface area contributed by atoms with Crippen molar-refractivity contribution in [3.63, 3.8) is 0 Å². The summed E-state index contributed by atoms with van der Waals surface area (Å²) < 4.78 is 0. The second-order valence-corrected chi connectivity index (χ2v) is 4.57. The minimum absolute atomic E-state index is 0.133. The third-order valence-electron chi connectivity index (χ3n) is 2.30. The highest BCUT2D eigenvalue weighted by molar-refractivity contribution is 7.98. The molecule has 0 saturated carbocycles. The predicted molar refractivity (Wildman–Crippen MR) is 69.1 cm³/mol. The van der Waals surface area contributed by atoms with Crippen molar-refractivity contribution < 1.29 is 4.92 Å². The Hall–Kier alpha value is -1.81. The number of hydrogen-bond donors (Lipinski definition) is 0. The maximum Gasteiger partial charge on any atom is 0.269 e. The van der Waals surface area contributed by atoms with Gasteiger partial charge in [0.1, 0.15) is 0 Å². The molecule has 0 N–H and O–H groups in total. The molecule has 0 fully saturated rings. The fourth-order valence-electron chi connectivity index (χ4n) is 1.40. The SMILES string of the molecule is O=[N+]([O-])c1ccc(SCc2ccccc2)cc1. The van der Waals surface area contributed by atoms with Gasteiger partial charge in [0.15, 0.2) is 0 Å². The first-order valence-electron chi connectivity index (χ1n) is 5.17. The van der Waals surface area contributed by atoms with E-state index in [-0.39, 0.29) is 10.6 Å². The standard InChI is InChI=1S/C13H11NO2S/c15-14(16)12-6-8-13(9-7-12)17-10-11-4-2-1-3-5-11/h1-9H,10H2. The number of benzene rings is 2. The molecule has 0 radical (unpaired) electrons. The normalized spacial score (nSPS) is 10.1. The number of thioether (sulfide) groups is 1. The Morgan fingerprint density at radius 1 is 1.00 bits per heavy atom. The van der Waals surface area contributed by atoms with Crippen LogP contribution in [0.4, 0.5) is 5.69 Å². The largest absolute Gasteiger partial charge is 0.269 e. The molecule has 0 amide bonds. The minimum atomic E-state index is -0.383. The first-order chi connectivity index (χ1) is 8.25. The zero-order valence-electron chi connectivity index (χ0n) is 9.08. The second-order valence-electron chi connectivity index (χ2n) is 3.53.